The smallest absolute Gasteiger partial charge is 0.242 e. The molecular weight excluding hydrogens is 316 g/mol. The number of amides is 1. The third-order valence-corrected chi connectivity index (χ3v) is 3.31. The van der Waals surface area contributed by atoms with Crippen molar-refractivity contribution < 1.29 is 9.18 Å². The van der Waals surface area contributed by atoms with Crippen LogP contribution in [-0.2, 0) is 4.79 Å². The summed E-state index contributed by atoms with van der Waals surface area (Å²) in [5.74, 6) is -0.276. The highest BCUT2D eigenvalue weighted by Gasteiger charge is 2.30. The summed E-state index contributed by atoms with van der Waals surface area (Å²) >= 11 is 0. The average molecular weight is 338 g/mol. The van der Waals surface area contributed by atoms with Crippen molar-refractivity contribution in [3.05, 3.63) is 30.1 Å². The molecule has 1 saturated heterocycles. The lowest BCUT2D eigenvalue weighted by Crippen LogP contribution is -2.57. The van der Waals surface area contributed by atoms with Crippen LogP contribution < -0.4 is 10.6 Å². The highest BCUT2D eigenvalue weighted by molar-refractivity contribution is 5.86. The highest BCUT2D eigenvalue weighted by Crippen LogP contribution is 2.20. The summed E-state index contributed by atoms with van der Waals surface area (Å²) in [5.41, 5.74) is 5.57. The fourth-order valence-electron chi connectivity index (χ4n) is 2.27. The maximum atomic E-state index is 13.7. The maximum Gasteiger partial charge on any atom is 0.242 e. The number of nitrogens with zero attached hydrogens (tertiary/aromatic N) is 2. The Morgan fingerprint density at radius 2 is 1.67 bits per heavy atom. The minimum atomic E-state index is -0.847. The first kappa shape index (κ1) is 20.0. The van der Waals surface area contributed by atoms with E-state index >= 15 is 0 Å². The van der Waals surface area contributed by atoms with Gasteiger partial charge >= 0.3 is 0 Å². The van der Waals surface area contributed by atoms with E-state index < -0.39 is 5.54 Å². The molecule has 0 spiro atoms. The number of piperazine rings is 1. The summed E-state index contributed by atoms with van der Waals surface area (Å²) in [6, 6.07) is 6.71. The van der Waals surface area contributed by atoms with Crippen LogP contribution in [0.1, 0.15) is 13.8 Å². The van der Waals surface area contributed by atoms with Crippen LogP contribution >= 0.6 is 24.8 Å². The molecule has 1 aromatic rings. The summed E-state index contributed by atoms with van der Waals surface area (Å²) < 4.78 is 13.7. The van der Waals surface area contributed by atoms with E-state index in [0.29, 0.717) is 31.9 Å². The Hall–Kier alpha value is -1.04. The van der Waals surface area contributed by atoms with E-state index in [9.17, 15) is 9.18 Å². The lowest BCUT2D eigenvalue weighted by Gasteiger charge is -2.38. The molecule has 4 nitrogen and oxygen atoms in total. The zero-order valence-electron chi connectivity index (χ0n) is 12.2. The number of anilines is 1. The van der Waals surface area contributed by atoms with E-state index in [1.54, 1.807) is 30.9 Å². The number of halogens is 3. The van der Waals surface area contributed by atoms with Crippen LogP contribution in [0.4, 0.5) is 10.1 Å². The number of carbonyl (C=O) groups is 1. The molecule has 0 atom stereocenters. The number of nitrogens with two attached hydrogens (primary N) is 1. The van der Waals surface area contributed by atoms with Gasteiger partial charge in [-0.2, -0.15) is 0 Å². The lowest BCUT2D eigenvalue weighted by atomic mass is 10.0. The molecule has 1 aromatic carbocycles. The number of hydrogen-bond acceptors (Lipinski definition) is 3. The van der Waals surface area contributed by atoms with Crippen molar-refractivity contribution in [2.75, 3.05) is 31.1 Å². The molecule has 0 radical (unpaired) electrons. The second-order valence-electron chi connectivity index (χ2n) is 5.45. The van der Waals surface area contributed by atoms with Gasteiger partial charge in [0.15, 0.2) is 0 Å². The van der Waals surface area contributed by atoms with Crippen molar-refractivity contribution >= 4 is 36.4 Å². The fraction of sp³-hybridized carbons (Fsp3) is 0.500. The zero-order valence-corrected chi connectivity index (χ0v) is 13.8. The Bertz CT molecular complexity index is 472. The molecule has 21 heavy (non-hydrogen) atoms. The predicted octanol–water partition coefficient (Wildman–Crippen LogP) is 2.06. The van der Waals surface area contributed by atoms with Gasteiger partial charge in [0, 0.05) is 26.2 Å². The first-order chi connectivity index (χ1) is 8.89. The first-order valence-electron chi connectivity index (χ1n) is 6.47. The number of hydrogen-bond donors (Lipinski definition) is 1. The normalized spacial score (nSPS) is 15.0. The van der Waals surface area contributed by atoms with Crippen LogP contribution in [-0.4, -0.2) is 42.5 Å². The molecule has 1 heterocycles. The van der Waals surface area contributed by atoms with Crippen molar-refractivity contribution in [2.45, 2.75) is 19.4 Å². The molecule has 0 bridgehead atoms. The molecule has 1 aliphatic rings. The summed E-state index contributed by atoms with van der Waals surface area (Å²) in [4.78, 5) is 15.7. The standard InChI is InChI=1S/C14H20FN3O.2ClH/c1-14(2,16)13(19)18-9-7-17(8-10-18)12-6-4-3-5-11(12)15;;/h3-6H,7-10,16H2,1-2H3;2*1H. The minimum Gasteiger partial charge on any atom is -0.366 e. The molecule has 1 aliphatic heterocycles. The van der Waals surface area contributed by atoms with Crippen molar-refractivity contribution in [3.8, 4) is 0 Å². The van der Waals surface area contributed by atoms with Gasteiger partial charge in [0.25, 0.3) is 0 Å². The van der Waals surface area contributed by atoms with Crippen LogP contribution in [0.5, 0.6) is 0 Å². The maximum absolute atomic E-state index is 13.7. The number of benzene rings is 1. The van der Waals surface area contributed by atoms with Crippen LogP contribution in [0.2, 0.25) is 0 Å². The molecule has 120 valence electrons. The van der Waals surface area contributed by atoms with Crippen LogP contribution in [0.3, 0.4) is 0 Å². The van der Waals surface area contributed by atoms with Gasteiger partial charge < -0.3 is 15.5 Å². The zero-order chi connectivity index (χ0) is 14.0. The van der Waals surface area contributed by atoms with Crippen molar-refractivity contribution in [3.63, 3.8) is 0 Å². The quantitative estimate of drug-likeness (QED) is 0.898. The molecule has 2 rings (SSSR count). The van der Waals surface area contributed by atoms with Gasteiger partial charge in [-0.05, 0) is 26.0 Å². The Balaban J connectivity index is 0.00000200. The van der Waals surface area contributed by atoms with Gasteiger partial charge in [-0.15, -0.1) is 24.8 Å². The first-order valence-corrected chi connectivity index (χ1v) is 6.47. The van der Waals surface area contributed by atoms with Crippen molar-refractivity contribution in [1.29, 1.82) is 0 Å². The van der Waals surface area contributed by atoms with Crippen LogP contribution in [0, 0.1) is 5.82 Å². The van der Waals surface area contributed by atoms with E-state index in [1.807, 2.05) is 11.0 Å². The van der Waals surface area contributed by atoms with Gasteiger partial charge in [-0.25, -0.2) is 4.39 Å². The van der Waals surface area contributed by atoms with Gasteiger partial charge in [-0.1, -0.05) is 12.1 Å². The number of para-hydroxylation sites is 1. The number of rotatable bonds is 2. The lowest BCUT2D eigenvalue weighted by molar-refractivity contribution is -0.136. The van der Waals surface area contributed by atoms with Crippen LogP contribution in [0.15, 0.2) is 24.3 Å². The molecule has 0 aliphatic carbocycles. The Kier molecular flexibility index (Phi) is 7.44. The van der Waals surface area contributed by atoms with E-state index in [0.717, 1.165) is 0 Å². The molecular formula is C14H22Cl2FN3O. The van der Waals surface area contributed by atoms with Gasteiger partial charge in [-0.3, -0.25) is 4.79 Å². The second-order valence-corrected chi connectivity index (χ2v) is 5.45. The molecule has 0 unspecified atom stereocenters. The second kappa shape index (κ2) is 7.82. The molecule has 1 fully saturated rings. The van der Waals surface area contributed by atoms with E-state index in [1.165, 1.54) is 6.07 Å². The topological polar surface area (TPSA) is 49.6 Å². The van der Waals surface area contributed by atoms with E-state index in [-0.39, 0.29) is 36.5 Å². The van der Waals surface area contributed by atoms with Gasteiger partial charge in [0.2, 0.25) is 5.91 Å². The number of carbonyl (C=O) groups excluding carboxylic acids is 1. The summed E-state index contributed by atoms with van der Waals surface area (Å²) in [5, 5.41) is 0. The molecule has 0 aromatic heterocycles. The van der Waals surface area contributed by atoms with E-state index in [2.05, 4.69) is 0 Å². The molecule has 0 saturated carbocycles. The summed E-state index contributed by atoms with van der Waals surface area (Å²) in [6.45, 7) is 5.82. The van der Waals surface area contributed by atoms with Crippen LogP contribution in [0.25, 0.3) is 0 Å². The average Bonchev–Trinajstić information content (AvgIpc) is 2.38. The van der Waals surface area contributed by atoms with Crippen molar-refractivity contribution in [2.24, 2.45) is 5.73 Å². The molecule has 7 heteroatoms. The summed E-state index contributed by atoms with van der Waals surface area (Å²) in [6.07, 6.45) is 0. The fourth-order valence-corrected chi connectivity index (χ4v) is 2.27. The largest absolute Gasteiger partial charge is 0.366 e. The third kappa shape index (κ3) is 4.73. The summed E-state index contributed by atoms with van der Waals surface area (Å²) in [7, 11) is 0. The van der Waals surface area contributed by atoms with Crippen molar-refractivity contribution in [1.82, 2.24) is 4.90 Å². The van der Waals surface area contributed by atoms with Gasteiger partial charge in [0.05, 0.1) is 11.2 Å². The monoisotopic (exact) mass is 337 g/mol. The van der Waals surface area contributed by atoms with E-state index in [4.69, 9.17) is 5.73 Å². The van der Waals surface area contributed by atoms with Gasteiger partial charge in [0.1, 0.15) is 5.82 Å². The Labute approximate surface area is 137 Å². The molecule has 1 amide bonds. The predicted molar refractivity (Wildman–Crippen MR) is 88.0 cm³/mol. The minimum absolute atomic E-state index is 0. The molecule has 2 N–H and O–H groups in total. The SMILES string of the molecule is CC(C)(N)C(=O)N1CCN(c2ccccc2F)CC1.Cl.Cl. The Morgan fingerprint density at radius 1 is 1.14 bits per heavy atom. The Morgan fingerprint density at radius 3 is 2.14 bits per heavy atom. The highest BCUT2D eigenvalue weighted by atomic mass is 35.5. The third-order valence-electron chi connectivity index (χ3n) is 3.31.